The predicted molar refractivity (Wildman–Crippen MR) is 50.9 cm³/mol. The monoisotopic (exact) mass is 170 g/mol. The van der Waals surface area contributed by atoms with Crippen LogP contribution in [-0.2, 0) is 0 Å². The lowest BCUT2D eigenvalue weighted by Crippen LogP contribution is -2.23. The summed E-state index contributed by atoms with van der Waals surface area (Å²) in [6, 6.07) is 0. The van der Waals surface area contributed by atoms with Crippen LogP contribution in [0.15, 0.2) is 4.99 Å². The molecule has 0 spiro atoms. The maximum Gasteiger partial charge on any atom is 0.185 e. The van der Waals surface area contributed by atoms with Crippen LogP contribution in [-0.4, -0.2) is 37.5 Å². The smallest absolute Gasteiger partial charge is 0.185 e. The molecule has 0 amide bonds. The van der Waals surface area contributed by atoms with Crippen LogP contribution < -0.4 is 11.5 Å². The Balaban J connectivity index is 2.12. The molecule has 1 atom stereocenters. The Morgan fingerprint density at radius 2 is 2.33 bits per heavy atom. The van der Waals surface area contributed by atoms with Crippen molar-refractivity contribution in [1.82, 2.24) is 4.90 Å². The van der Waals surface area contributed by atoms with Crippen molar-refractivity contribution >= 4 is 5.96 Å². The highest BCUT2D eigenvalue weighted by atomic mass is 15.1. The van der Waals surface area contributed by atoms with Gasteiger partial charge < -0.3 is 16.4 Å². The average Bonchev–Trinajstić information content (AvgIpc) is 2.35. The molecule has 70 valence electrons. The summed E-state index contributed by atoms with van der Waals surface area (Å²) < 4.78 is 0. The lowest BCUT2D eigenvalue weighted by Gasteiger charge is -2.07. The molecule has 1 unspecified atom stereocenters. The van der Waals surface area contributed by atoms with Gasteiger partial charge in [-0.1, -0.05) is 0 Å². The van der Waals surface area contributed by atoms with Crippen molar-refractivity contribution in [2.45, 2.75) is 12.8 Å². The summed E-state index contributed by atoms with van der Waals surface area (Å²) >= 11 is 0. The number of hydrogen-bond acceptors (Lipinski definition) is 2. The largest absolute Gasteiger partial charge is 0.370 e. The Labute approximate surface area is 73.6 Å². The topological polar surface area (TPSA) is 67.6 Å². The molecule has 1 saturated heterocycles. The number of aliphatic imine (C=N–C) groups is 1. The van der Waals surface area contributed by atoms with Crippen LogP contribution in [0.2, 0.25) is 0 Å². The second kappa shape index (κ2) is 4.30. The van der Waals surface area contributed by atoms with Gasteiger partial charge in [-0.2, -0.15) is 0 Å². The molecular formula is C8H18N4. The Morgan fingerprint density at radius 1 is 1.58 bits per heavy atom. The highest BCUT2D eigenvalue weighted by Gasteiger charge is 2.18. The van der Waals surface area contributed by atoms with Crippen molar-refractivity contribution in [2.75, 3.05) is 26.7 Å². The van der Waals surface area contributed by atoms with E-state index in [-0.39, 0.29) is 5.96 Å². The molecule has 1 heterocycles. The summed E-state index contributed by atoms with van der Waals surface area (Å²) in [6.07, 6.45) is 2.40. The van der Waals surface area contributed by atoms with Crippen molar-refractivity contribution in [3.8, 4) is 0 Å². The fraction of sp³-hybridized carbons (Fsp3) is 0.875. The molecule has 0 radical (unpaired) electrons. The Hall–Kier alpha value is -0.770. The van der Waals surface area contributed by atoms with Gasteiger partial charge in [-0.05, 0) is 32.4 Å². The first-order valence-electron chi connectivity index (χ1n) is 4.42. The summed E-state index contributed by atoms with van der Waals surface area (Å²) in [5.74, 6) is 0.999. The third kappa shape index (κ3) is 3.09. The van der Waals surface area contributed by atoms with Gasteiger partial charge in [-0.3, -0.25) is 4.99 Å². The molecule has 0 aliphatic carbocycles. The first-order chi connectivity index (χ1) is 5.68. The van der Waals surface area contributed by atoms with Crippen LogP contribution in [0, 0.1) is 5.92 Å². The number of hydrogen-bond donors (Lipinski definition) is 2. The molecule has 0 saturated carbocycles. The molecule has 4 heteroatoms. The molecule has 0 bridgehead atoms. The van der Waals surface area contributed by atoms with Gasteiger partial charge >= 0.3 is 0 Å². The number of nitrogens with two attached hydrogens (primary N) is 2. The van der Waals surface area contributed by atoms with Crippen molar-refractivity contribution in [3.63, 3.8) is 0 Å². The summed E-state index contributed by atoms with van der Waals surface area (Å²) in [5.41, 5.74) is 10.4. The lowest BCUT2D eigenvalue weighted by molar-refractivity contribution is 0.389. The lowest BCUT2D eigenvalue weighted by atomic mass is 10.1. The van der Waals surface area contributed by atoms with E-state index in [0.29, 0.717) is 0 Å². The van der Waals surface area contributed by atoms with Gasteiger partial charge in [0.25, 0.3) is 0 Å². The molecule has 4 nitrogen and oxygen atoms in total. The number of likely N-dealkylation sites (tertiary alicyclic amines) is 1. The fourth-order valence-electron chi connectivity index (χ4n) is 1.64. The molecular weight excluding hydrogens is 152 g/mol. The molecule has 1 aliphatic heterocycles. The van der Waals surface area contributed by atoms with Crippen molar-refractivity contribution in [1.29, 1.82) is 0 Å². The minimum absolute atomic E-state index is 0.210. The number of guanidine groups is 1. The standard InChI is InChI=1S/C8H18N4/c1-12-5-3-7(6-12)2-4-11-8(9)10/h7H,2-6H2,1H3,(H4,9,10,11). The van der Waals surface area contributed by atoms with Crippen LogP contribution in [0.25, 0.3) is 0 Å². The number of nitrogens with zero attached hydrogens (tertiary/aromatic N) is 2. The van der Waals surface area contributed by atoms with Crippen LogP contribution in [0.4, 0.5) is 0 Å². The second-order valence-electron chi connectivity index (χ2n) is 3.51. The fourth-order valence-corrected chi connectivity index (χ4v) is 1.64. The molecule has 1 fully saturated rings. The van der Waals surface area contributed by atoms with E-state index < -0.39 is 0 Å². The molecule has 0 aromatic rings. The van der Waals surface area contributed by atoms with Gasteiger partial charge in [0.2, 0.25) is 0 Å². The van der Waals surface area contributed by atoms with Crippen LogP contribution in [0.5, 0.6) is 0 Å². The Morgan fingerprint density at radius 3 is 2.83 bits per heavy atom. The van der Waals surface area contributed by atoms with E-state index in [0.717, 1.165) is 18.9 Å². The average molecular weight is 170 g/mol. The van der Waals surface area contributed by atoms with E-state index in [2.05, 4.69) is 16.9 Å². The van der Waals surface area contributed by atoms with Crippen LogP contribution in [0.1, 0.15) is 12.8 Å². The van der Waals surface area contributed by atoms with Gasteiger partial charge in [0.1, 0.15) is 0 Å². The van der Waals surface area contributed by atoms with E-state index in [1.54, 1.807) is 0 Å². The normalized spacial score (nSPS) is 24.2. The van der Waals surface area contributed by atoms with Crippen molar-refractivity contribution in [3.05, 3.63) is 0 Å². The maximum atomic E-state index is 5.22. The van der Waals surface area contributed by atoms with Gasteiger partial charge in [-0.25, -0.2) is 0 Å². The summed E-state index contributed by atoms with van der Waals surface area (Å²) in [6.45, 7) is 3.19. The summed E-state index contributed by atoms with van der Waals surface area (Å²) in [5, 5.41) is 0. The molecule has 1 rings (SSSR count). The predicted octanol–water partition coefficient (Wildman–Crippen LogP) is -0.398. The first kappa shape index (κ1) is 9.32. The first-order valence-corrected chi connectivity index (χ1v) is 4.42. The van der Waals surface area contributed by atoms with E-state index in [9.17, 15) is 0 Å². The van der Waals surface area contributed by atoms with Crippen LogP contribution >= 0.6 is 0 Å². The van der Waals surface area contributed by atoms with Gasteiger partial charge in [0.05, 0.1) is 0 Å². The van der Waals surface area contributed by atoms with Crippen LogP contribution in [0.3, 0.4) is 0 Å². The molecule has 0 aromatic heterocycles. The van der Waals surface area contributed by atoms with E-state index in [1.165, 1.54) is 19.5 Å². The van der Waals surface area contributed by atoms with E-state index in [4.69, 9.17) is 11.5 Å². The zero-order valence-electron chi connectivity index (χ0n) is 7.66. The third-order valence-electron chi connectivity index (χ3n) is 2.32. The molecule has 0 aromatic carbocycles. The second-order valence-corrected chi connectivity index (χ2v) is 3.51. The zero-order valence-corrected chi connectivity index (χ0v) is 7.66. The van der Waals surface area contributed by atoms with Gasteiger partial charge in [0, 0.05) is 13.1 Å². The van der Waals surface area contributed by atoms with Crippen molar-refractivity contribution < 1.29 is 0 Å². The highest BCUT2D eigenvalue weighted by molar-refractivity contribution is 5.75. The van der Waals surface area contributed by atoms with Gasteiger partial charge in [0.15, 0.2) is 5.96 Å². The number of rotatable bonds is 3. The SMILES string of the molecule is CN1CCC(CCN=C(N)N)C1. The molecule has 4 N–H and O–H groups in total. The maximum absolute atomic E-state index is 5.22. The minimum Gasteiger partial charge on any atom is -0.370 e. The highest BCUT2D eigenvalue weighted by Crippen LogP contribution is 2.17. The Kier molecular flexibility index (Phi) is 3.34. The molecule has 12 heavy (non-hydrogen) atoms. The van der Waals surface area contributed by atoms with Crippen molar-refractivity contribution in [2.24, 2.45) is 22.4 Å². The van der Waals surface area contributed by atoms with E-state index >= 15 is 0 Å². The Bertz CT molecular complexity index is 162. The third-order valence-corrected chi connectivity index (χ3v) is 2.32. The summed E-state index contributed by atoms with van der Waals surface area (Å²) in [7, 11) is 2.15. The van der Waals surface area contributed by atoms with Gasteiger partial charge in [-0.15, -0.1) is 0 Å². The molecule has 1 aliphatic rings. The zero-order chi connectivity index (χ0) is 8.97. The summed E-state index contributed by atoms with van der Waals surface area (Å²) in [4.78, 5) is 6.31. The minimum atomic E-state index is 0.210. The quantitative estimate of drug-likeness (QED) is 0.447. The van der Waals surface area contributed by atoms with E-state index in [1.807, 2.05) is 0 Å².